The van der Waals surface area contributed by atoms with Gasteiger partial charge in [-0.1, -0.05) is 58.4 Å². The molecule has 0 saturated heterocycles. The number of nitrogens with zero attached hydrogens (tertiary/aromatic N) is 1. The van der Waals surface area contributed by atoms with Crippen molar-refractivity contribution in [1.82, 2.24) is 5.16 Å². The van der Waals surface area contributed by atoms with Crippen molar-refractivity contribution >= 4 is 29.2 Å². The SMILES string of the molecule is O=C(O)c1ccccc1C#Cc1ccc(OCc2c(-c3c(Cl)cccc3Cl)noc2C2CC2)cc1C(F)(F)F. The lowest BCUT2D eigenvalue weighted by molar-refractivity contribution is -0.137. The third-order valence-electron chi connectivity index (χ3n) is 6.14. The molecule has 3 aromatic carbocycles. The van der Waals surface area contributed by atoms with Crippen LogP contribution in [0.15, 0.2) is 65.2 Å². The summed E-state index contributed by atoms with van der Waals surface area (Å²) in [6, 6.07) is 14.3. The fourth-order valence-electron chi connectivity index (χ4n) is 4.07. The molecule has 1 N–H and O–H groups in total. The molecule has 0 spiro atoms. The molecule has 0 amide bonds. The minimum atomic E-state index is -4.73. The monoisotopic (exact) mass is 571 g/mol. The number of hydrogen-bond donors (Lipinski definition) is 1. The van der Waals surface area contributed by atoms with E-state index in [9.17, 15) is 23.1 Å². The molecule has 0 unspecified atom stereocenters. The highest BCUT2D eigenvalue weighted by atomic mass is 35.5. The molecule has 0 radical (unpaired) electrons. The normalized spacial score (nSPS) is 13.1. The van der Waals surface area contributed by atoms with Gasteiger partial charge < -0.3 is 14.4 Å². The summed E-state index contributed by atoms with van der Waals surface area (Å²) in [4.78, 5) is 11.4. The molecular weight excluding hydrogens is 554 g/mol. The molecule has 1 aliphatic rings. The summed E-state index contributed by atoms with van der Waals surface area (Å²) in [7, 11) is 0. The fourth-order valence-corrected chi connectivity index (χ4v) is 4.65. The van der Waals surface area contributed by atoms with E-state index >= 15 is 0 Å². The number of alkyl halides is 3. The van der Waals surface area contributed by atoms with Crippen LogP contribution in [-0.4, -0.2) is 16.2 Å². The number of halogens is 5. The molecule has 4 aromatic rings. The predicted molar refractivity (Wildman–Crippen MR) is 139 cm³/mol. The Morgan fingerprint density at radius 1 is 1.03 bits per heavy atom. The second-order valence-corrected chi connectivity index (χ2v) is 9.65. The van der Waals surface area contributed by atoms with Crippen LogP contribution in [0.2, 0.25) is 10.0 Å². The number of carbonyl (C=O) groups is 1. The Morgan fingerprint density at radius 3 is 2.38 bits per heavy atom. The number of carboxylic acid groups (broad SMARTS) is 1. The van der Waals surface area contributed by atoms with E-state index in [4.69, 9.17) is 32.5 Å². The quantitative estimate of drug-likeness (QED) is 0.236. The first kappa shape index (κ1) is 26.7. The van der Waals surface area contributed by atoms with Crippen molar-refractivity contribution in [2.45, 2.75) is 31.5 Å². The van der Waals surface area contributed by atoms with Crippen molar-refractivity contribution in [2.24, 2.45) is 0 Å². The lowest BCUT2D eigenvalue weighted by Crippen LogP contribution is -2.09. The molecule has 1 saturated carbocycles. The van der Waals surface area contributed by atoms with Crippen molar-refractivity contribution in [3.05, 3.63) is 104 Å². The van der Waals surface area contributed by atoms with Crippen LogP contribution in [0.3, 0.4) is 0 Å². The minimum absolute atomic E-state index is 0.0436. The highest BCUT2D eigenvalue weighted by Gasteiger charge is 2.35. The van der Waals surface area contributed by atoms with E-state index in [2.05, 4.69) is 17.0 Å². The lowest BCUT2D eigenvalue weighted by atomic mass is 10.0. The van der Waals surface area contributed by atoms with Crippen LogP contribution in [0, 0.1) is 11.8 Å². The molecule has 5 rings (SSSR count). The fraction of sp³-hybridized carbons (Fsp3) is 0.172. The van der Waals surface area contributed by atoms with Gasteiger partial charge in [0.1, 0.15) is 23.8 Å². The van der Waals surface area contributed by atoms with Gasteiger partial charge >= 0.3 is 12.1 Å². The van der Waals surface area contributed by atoms with Crippen molar-refractivity contribution < 1.29 is 32.3 Å². The van der Waals surface area contributed by atoms with Gasteiger partial charge in [0.25, 0.3) is 0 Å². The van der Waals surface area contributed by atoms with Crippen LogP contribution >= 0.6 is 23.2 Å². The van der Waals surface area contributed by atoms with Gasteiger partial charge in [-0.3, -0.25) is 0 Å². The predicted octanol–water partition coefficient (Wildman–Crippen LogP) is 8.22. The smallest absolute Gasteiger partial charge is 0.417 e. The Bertz CT molecular complexity index is 1610. The zero-order chi connectivity index (χ0) is 27.7. The Kier molecular flexibility index (Phi) is 7.30. The number of rotatable bonds is 6. The second-order valence-electron chi connectivity index (χ2n) is 8.84. The van der Waals surface area contributed by atoms with Gasteiger partial charge in [0.15, 0.2) is 0 Å². The summed E-state index contributed by atoms with van der Waals surface area (Å²) < 4.78 is 53.3. The molecule has 1 heterocycles. The first-order valence-electron chi connectivity index (χ1n) is 11.7. The van der Waals surface area contributed by atoms with Crippen molar-refractivity contribution in [3.63, 3.8) is 0 Å². The van der Waals surface area contributed by atoms with E-state index in [0.29, 0.717) is 32.6 Å². The third-order valence-corrected chi connectivity index (χ3v) is 6.77. The Morgan fingerprint density at radius 2 is 1.72 bits per heavy atom. The molecule has 10 heteroatoms. The zero-order valence-corrected chi connectivity index (χ0v) is 21.5. The number of carboxylic acids is 1. The molecule has 39 heavy (non-hydrogen) atoms. The molecule has 1 aliphatic carbocycles. The molecule has 5 nitrogen and oxygen atoms in total. The highest BCUT2D eigenvalue weighted by molar-refractivity contribution is 6.39. The highest BCUT2D eigenvalue weighted by Crippen LogP contribution is 2.46. The molecule has 198 valence electrons. The second kappa shape index (κ2) is 10.7. The van der Waals surface area contributed by atoms with Crippen LogP contribution in [0.5, 0.6) is 5.75 Å². The summed E-state index contributed by atoms with van der Waals surface area (Å²) in [6.07, 6.45) is -2.94. The van der Waals surface area contributed by atoms with Gasteiger partial charge in [0.05, 0.1) is 26.7 Å². The summed E-state index contributed by atoms with van der Waals surface area (Å²) in [6.45, 7) is -0.124. The Labute approximate surface area is 231 Å². The van der Waals surface area contributed by atoms with Crippen LogP contribution in [-0.2, 0) is 12.8 Å². The number of aromatic carboxylic acids is 1. The van der Waals surface area contributed by atoms with Gasteiger partial charge in [0, 0.05) is 22.6 Å². The lowest BCUT2D eigenvalue weighted by Gasteiger charge is -2.13. The van der Waals surface area contributed by atoms with Crippen LogP contribution in [0.1, 0.15) is 57.1 Å². The van der Waals surface area contributed by atoms with Gasteiger partial charge in [-0.2, -0.15) is 13.2 Å². The van der Waals surface area contributed by atoms with Crippen molar-refractivity contribution in [2.75, 3.05) is 0 Å². The summed E-state index contributed by atoms with van der Waals surface area (Å²) in [5, 5.41) is 14.2. The molecule has 0 atom stereocenters. The maximum atomic E-state index is 14.0. The molecule has 1 fully saturated rings. The van der Waals surface area contributed by atoms with E-state index < -0.39 is 17.7 Å². The topological polar surface area (TPSA) is 72.6 Å². The number of benzene rings is 3. The Hall–Kier alpha value is -3.93. The van der Waals surface area contributed by atoms with Gasteiger partial charge in [0.2, 0.25) is 0 Å². The maximum absolute atomic E-state index is 14.0. The summed E-state index contributed by atoms with van der Waals surface area (Å²) in [5.41, 5.74) is 0.0682. The average molecular weight is 572 g/mol. The zero-order valence-electron chi connectivity index (χ0n) is 20.0. The van der Waals surface area contributed by atoms with Gasteiger partial charge in [-0.15, -0.1) is 0 Å². The van der Waals surface area contributed by atoms with Crippen LogP contribution in [0.4, 0.5) is 13.2 Å². The first-order chi connectivity index (χ1) is 18.6. The molecular formula is C29H18Cl2F3NO4. The summed E-state index contributed by atoms with van der Waals surface area (Å²) >= 11 is 12.7. The third kappa shape index (κ3) is 5.75. The number of hydrogen-bond acceptors (Lipinski definition) is 4. The van der Waals surface area contributed by atoms with E-state index in [-0.39, 0.29) is 35.0 Å². The van der Waals surface area contributed by atoms with Crippen molar-refractivity contribution in [1.29, 1.82) is 0 Å². The summed E-state index contributed by atoms with van der Waals surface area (Å²) in [5.74, 6) is 4.47. The Balaban J connectivity index is 1.47. The van der Waals surface area contributed by atoms with Gasteiger partial charge in [-0.05, 0) is 55.3 Å². The first-order valence-corrected chi connectivity index (χ1v) is 12.5. The van der Waals surface area contributed by atoms with E-state index in [1.165, 1.54) is 30.3 Å². The largest absolute Gasteiger partial charge is 0.489 e. The number of aromatic nitrogens is 1. The standard InChI is InChI=1S/C29H18Cl2F3NO4/c30-23-6-3-7-24(31)25(23)26-21(27(39-35-26)18-10-11-18)15-38-19-13-12-17(22(14-19)29(32,33)34)9-8-16-4-1-2-5-20(16)28(36)37/h1-7,12-14,18H,10-11,15H2,(H,36,37). The van der Waals surface area contributed by atoms with Gasteiger partial charge in [-0.25, -0.2) is 4.79 Å². The average Bonchev–Trinajstić information content (AvgIpc) is 3.66. The van der Waals surface area contributed by atoms with Crippen LogP contribution < -0.4 is 4.74 Å². The molecule has 1 aromatic heterocycles. The van der Waals surface area contributed by atoms with E-state index in [1.807, 2.05) is 0 Å². The van der Waals surface area contributed by atoms with E-state index in [1.54, 1.807) is 24.3 Å². The molecule has 0 bridgehead atoms. The molecule has 0 aliphatic heterocycles. The van der Waals surface area contributed by atoms with Crippen LogP contribution in [0.25, 0.3) is 11.3 Å². The van der Waals surface area contributed by atoms with Crippen molar-refractivity contribution in [3.8, 4) is 28.8 Å². The minimum Gasteiger partial charge on any atom is -0.489 e. The van der Waals surface area contributed by atoms with E-state index in [0.717, 1.165) is 18.9 Å². The number of ether oxygens (including phenoxy) is 1. The maximum Gasteiger partial charge on any atom is 0.417 e.